The zero-order valence-electron chi connectivity index (χ0n) is 13.4. The molecule has 6 nitrogen and oxygen atoms in total. The lowest BCUT2D eigenvalue weighted by Crippen LogP contribution is -2.41. The summed E-state index contributed by atoms with van der Waals surface area (Å²) in [6.45, 7) is 6.45. The summed E-state index contributed by atoms with van der Waals surface area (Å²) in [6, 6.07) is 6.16. The highest BCUT2D eigenvalue weighted by atomic mass is 16.5. The average molecular weight is 312 g/mol. The van der Waals surface area contributed by atoms with Crippen LogP contribution in [0.4, 0.5) is 11.5 Å². The van der Waals surface area contributed by atoms with Gasteiger partial charge in [0.15, 0.2) is 0 Å². The Kier molecular flexibility index (Phi) is 4.52. The maximum Gasteiger partial charge on any atom is 0.274 e. The SMILES string of the molecule is Cc1ccc(Nc2cnc(C(=O)N3CCOCC3)cn2)c(C)c1. The second-order valence-electron chi connectivity index (χ2n) is 5.63. The smallest absolute Gasteiger partial charge is 0.274 e. The van der Waals surface area contributed by atoms with Crippen LogP contribution in [0.2, 0.25) is 0 Å². The molecular weight excluding hydrogens is 292 g/mol. The molecule has 1 aliphatic rings. The number of nitrogens with zero attached hydrogens (tertiary/aromatic N) is 3. The van der Waals surface area contributed by atoms with Gasteiger partial charge >= 0.3 is 0 Å². The monoisotopic (exact) mass is 312 g/mol. The number of carbonyl (C=O) groups is 1. The number of anilines is 2. The van der Waals surface area contributed by atoms with E-state index in [9.17, 15) is 4.79 Å². The van der Waals surface area contributed by atoms with E-state index >= 15 is 0 Å². The van der Waals surface area contributed by atoms with Crippen LogP contribution >= 0.6 is 0 Å². The van der Waals surface area contributed by atoms with Gasteiger partial charge < -0.3 is 15.0 Å². The second kappa shape index (κ2) is 6.75. The number of carbonyl (C=O) groups excluding carboxylic acids is 1. The van der Waals surface area contributed by atoms with E-state index in [4.69, 9.17) is 4.74 Å². The van der Waals surface area contributed by atoms with E-state index in [1.807, 2.05) is 19.1 Å². The highest BCUT2D eigenvalue weighted by Crippen LogP contribution is 2.19. The summed E-state index contributed by atoms with van der Waals surface area (Å²) in [5, 5.41) is 3.23. The van der Waals surface area contributed by atoms with E-state index in [1.54, 1.807) is 11.1 Å². The molecule has 0 bridgehead atoms. The molecule has 1 aromatic heterocycles. The molecule has 1 amide bonds. The van der Waals surface area contributed by atoms with Crippen LogP contribution < -0.4 is 5.32 Å². The van der Waals surface area contributed by atoms with Gasteiger partial charge in [-0.25, -0.2) is 9.97 Å². The van der Waals surface area contributed by atoms with Gasteiger partial charge in [0.1, 0.15) is 11.5 Å². The van der Waals surface area contributed by atoms with Crippen molar-refractivity contribution in [3.8, 4) is 0 Å². The van der Waals surface area contributed by atoms with E-state index in [-0.39, 0.29) is 5.91 Å². The number of ether oxygens (including phenoxy) is 1. The van der Waals surface area contributed by atoms with Crippen LogP contribution in [-0.4, -0.2) is 47.1 Å². The minimum Gasteiger partial charge on any atom is -0.378 e. The molecule has 2 aromatic rings. The maximum atomic E-state index is 12.3. The van der Waals surface area contributed by atoms with Crippen molar-refractivity contribution in [3.63, 3.8) is 0 Å². The van der Waals surface area contributed by atoms with Crippen molar-refractivity contribution in [2.24, 2.45) is 0 Å². The van der Waals surface area contributed by atoms with Crippen LogP contribution in [0.15, 0.2) is 30.6 Å². The molecule has 0 saturated carbocycles. The Morgan fingerprint density at radius 1 is 1.17 bits per heavy atom. The lowest BCUT2D eigenvalue weighted by molar-refractivity contribution is 0.0298. The molecule has 1 N–H and O–H groups in total. The van der Waals surface area contributed by atoms with Crippen LogP contribution in [0, 0.1) is 13.8 Å². The first-order valence-corrected chi connectivity index (χ1v) is 7.67. The summed E-state index contributed by atoms with van der Waals surface area (Å²) in [5.74, 6) is 0.523. The lowest BCUT2D eigenvalue weighted by atomic mass is 10.1. The van der Waals surface area contributed by atoms with Crippen molar-refractivity contribution in [2.75, 3.05) is 31.6 Å². The number of aromatic nitrogens is 2. The standard InChI is InChI=1S/C17H20N4O2/c1-12-3-4-14(13(2)9-12)20-16-11-18-15(10-19-16)17(22)21-5-7-23-8-6-21/h3-4,9-11H,5-8H2,1-2H3,(H,19,20). The van der Waals surface area contributed by atoms with Gasteiger partial charge in [-0.05, 0) is 25.5 Å². The number of aryl methyl sites for hydroxylation is 2. The Morgan fingerprint density at radius 2 is 1.96 bits per heavy atom. The number of hydrogen-bond acceptors (Lipinski definition) is 5. The molecule has 0 spiro atoms. The molecule has 0 radical (unpaired) electrons. The third kappa shape index (κ3) is 3.65. The summed E-state index contributed by atoms with van der Waals surface area (Å²) in [7, 11) is 0. The van der Waals surface area contributed by atoms with Crippen LogP contribution in [0.3, 0.4) is 0 Å². The molecule has 3 rings (SSSR count). The van der Waals surface area contributed by atoms with Gasteiger partial charge in [0.25, 0.3) is 5.91 Å². The molecular formula is C17H20N4O2. The molecule has 2 heterocycles. The minimum atomic E-state index is -0.0983. The lowest BCUT2D eigenvalue weighted by Gasteiger charge is -2.26. The Balaban J connectivity index is 1.70. The van der Waals surface area contributed by atoms with Gasteiger partial charge in [0.05, 0.1) is 25.6 Å². The maximum absolute atomic E-state index is 12.3. The fraction of sp³-hybridized carbons (Fsp3) is 0.353. The summed E-state index contributed by atoms with van der Waals surface area (Å²) in [4.78, 5) is 22.6. The minimum absolute atomic E-state index is 0.0983. The Bertz CT molecular complexity index is 694. The van der Waals surface area contributed by atoms with Gasteiger partial charge in [-0.15, -0.1) is 0 Å². The van der Waals surface area contributed by atoms with Gasteiger partial charge in [-0.2, -0.15) is 0 Å². The summed E-state index contributed by atoms with van der Waals surface area (Å²) in [6.07, 6.45) is 3.11. The number of rotatable bonds is 3. The fourth-order valence-corrected chi connectivity index (χ4v) is 2.52. The number of nitrogens with one attached hydrogen (secondary N) is 1. The largest absolute Gasteiger partial charge is 0.378 e. The van der Waals surface area contributed by atoms with E-state index in [2.05, 4.69) is 28.3 Å². The fourth-order valence-electron chi connectivity index (χ4n) is 2.52. The Morgan fingerprint density at radius 3 is 2.61 bits per heavy atom. The number of amides is 1. The first-order valence-electron chi connectivity index (χ1n) is 7.67. The van der Waals surface area contributed by atoms with Crippen LogP contribution in [0.5, 0.6) is 0 Å². The summed E-state index contributed by atoms with van der Waals surface area (Å²) >= 11 is 0. The predicted octanol–water partition coefficient (Wildman–Crippen LogP) is 2.31. The molecule has 1 aromatic carbocycles. The van der Waals surface area contributed by atoms with Gasteiger partial charge in [0.2, 0.25) is 0 Å². The second-order valence-corrected chi connectivity index (χ2v) is 5.63. The number of hydrogen-bond donors (Lipinski definition) is 1. The van der Waals surface area contributed by atoms with E-state index < -0.39 is 0 Å². The van der Waals surface area contributed by atoms with Crippen LogP contribution in [-0.2, 0) is 4.74 Å². The van der Waals surface area contributed by atoms with E-state index in [0.29, 0.717) is 37.8 Å². The van der Waals surface area contributed by atoms with E-state index in [1.165, 1.54) is 11.8 Å². The van der Waals surface area contributed by atoms with Crippen LogP contribution in [0.1, 0.15) is 21.6 Å². The molecule has 120 valence electrons. The molecule has 6 heteroatoms. The molecule has 23 heavy (non-hydrogen) atoms. The van der Waals surface area contributed by atoms with Gasteiger partial charge in [-0.1, -0.05) is 17.7 Å². The third-order valence-corrected chi connectivity index (χ3v) is 3.81. The Hall–Kier alpha value is -2.47. The van der Waals surface area contributed by atoms with Crippen molar-refractivity contribution in [1.82, 2.24) is 14.9 Å². The van der Waals surface area contributed by atoms with Crippen molar-refractivity contribution < 1.29 is 9.53 Å². The van der Waals surface area contributed by atoms with Crippen LogP contribution in [0.25, 0.3) is 0 Å². The topological polar surface area (TPSA) is 67.4 Å². The molecule has 0 aliphatic carbocycles. The average Bonchev–Trinajstić information content (AvgIpc) is 2.58. The Labute approximate surface area is 135 Å². The zero-order chi connectivity index (χ0) is 16.2. The summed E-state index contributed by atoms with van der Waals surface area (Å²) < 4.78 is 5.25. The quantitative estimate of drug-likeness (QED) is 0.942. The molecule has 1 saturated heterocycles. The number of benzene rings is 1. The van der Waals surface area contributed by atoms with Gasteiger partial charge in [-0.3, -0.25) is 4.79 Å². The van der Waals surface area contributed by atoms with Crippen molar-refractivity contribution in [2.45, 2.75) is 13.8 Å². The molecule has 0 atom stereocenters. The predicted molar refractivity (Wildman–Crippen MR) is 88.0 cm³/mol. The van der Waals surface area contributed by atoms with Gasteiger partial charge in [0, 0.05) is 18.8 Å². The molecule has 1 aliphatic heterocycles. The van der Waals surface area contributed by atoms with E-state index in [0.717, 1.165) is 11.3 Å². The first kappa shape index (κ1) is 15.4. The first-order chi connectivity index (χ1) is 11.1. The summed E-state index contributed by atoms with van der Waals surface area (Å²) in [5.41, 5.74) is 3.70. The highest BCUT2D eigenvalue weighted by Gasteiger charge is 2.19. The third-order valence-electron chi connectivity index (χ3n) is 3.81. The van der Waals surface area contributed by atoms with Crippen molar-refractivity contribution in [1.29, 1.82) is 0 Å². The van der Waals surface area contributed by atoms with Crippen molar-refractivity contribution >= 4 is 17.4 Å². The normalized spacial score (nSPS) is 14.6. The highest BCUT2D eigenvalue weighted by molar-refractivity contribution is 5.92. The zero-order valence-corrected chi connectivity index (χ0v) is 13.4. The molecule has 1 fully saturated rings. The number of morpholine rings is 1. The molecule has 0 unspecified atom stereocenters. The van der Waals surface area contributed by atoms with Crippen molar-refractivity contribution in [3.05, 3.63) is 47.4 Å².